The molecule has 2 N–H and O–H groups in total. The van der Waals surface area contributed by atoms with Gasteiger partial charge in [-0.05, 0) is 13.8 Å². The molecule has 1 saturated heterocycles. The van der Waals surface area contributed by atoms with Crippen LogP contribution in [0.15, 0.2) is 17.4 Å². The molecular weight excluding hydrogens is 206 g/mol. The van der Waals surface area contributed by atoms with Crippen molar-refractivity contribution >= 4 is 11.9 Å². The van der Waals surface area contributed by atoms with Crippen molar-refractivity contribution in [2.45, 2.75) is 26.4 Å². The van der Waals surface area contributed by atoms with E-state index in [1.807, 2.05) is 20.0 Å². The van der Waals surface area contributed by atoms with Crippen molar-refractivity contribution in [2.75, 3.05) is 6.54 Å². The number of carbonyl (C=O) groups excluding carboxylic acids is 1. The van der Waals surface area contributed by atoms with Gasteiger partial charge in [0.15, 0.2) is 5.96 Å². The van der Waals surface area contributed by atoms with Crippen molar-refractivity contribution in [3.63, 3.8) is 0 Å². The second kappa shape index (κ2) is 4.34. The van der Waals surface area contributed by atoms with E-state index in [-0.39, 0.29) is 11.9 Å². The van der Waals surface area contributed by atoms with E-state index in [1.165, 1.54) is 0 Å². The first kappa shape index (κ1) is 10.7. The fourth-order valence-corrected chi connectivity index (χ4v) is 1.61. The number of rotatable bonds is 3. The van der Waals surface area contributed by atoms with Crippen LogP contribution in [0.3, 0.4) is 0 Å². The number of aryl methyl sites for hydroxylation is 1. The maximum Gasteiger partial charge on any atom is 0.254 e. The lowest BCUT2D eigenvalue weighted by Gasteiger charge is -2.03. The van der Waals surface area contributed by atoms with Crippen molar-refractivity contribution in [3.05, 3.63) is 18.0 Å². The highest BCUT2D eigenvalue weighted by Gasteiger charge is 2.30. The van der Waals surface area contributed by atoms with Gasteiger partial charge in [0, 0.05) is 24.8 Å². The average molecular weight is 221 g/mol. The monoisotopic (exact) mass is 221 g/mol. The minimum atomic E-state index is -0.370. The molecule has 1 aromatic heterocycles. The number of nitrogens with one attached hydrogen (secondary N) is 2. The zero-order valence-corrected chi connectivity index (χ0v) is 9.40. The number of hydrogen-bond donors (Lipinski definition) is 2. The number of carbonyl (C=O) groups is 1. The first-order valence-corrected chi connectivity index (χ1v) is 5.38. The second-order valence-corrected chi connectivity index (χ2v) is 3.52. The van der Waals surface area contributed by atoms with Gasteiger partial charge in [-0.3, -0.25) is 19.8 Å². The van der Waals surface area contributed by atoms with Gasteiger partial charge in [-0.1, -0.05) is 0 Å². The van der Waals surface area contributed by atoms with Gasteiger partial charge < -0.3 is 5.32 Å². The lowest BCUT2D eigenvalue weighted by molar-refractivity contribution is -0.120. The van der Waals surface area contributed by atoms with Gasteiger partial charge in [-0.25, -0.2) is 0 Å². The van der Waals surface area contributed by atoms with Gasteiger partial charge in [0.2, 0.25) is 0 Å². The molecule has 16 heavy (non-hydrogen) atoms. The Bertz CT molecular complexity index is 423. The Kier molecular flexibility index (Phi) is 2.89. The smallest absolute Gasteiger partial charge is 0.254 e. The molecule has 1 atom stereocenters. The minimum Gasteiger partial charge on any atom is -0.340 e. The standard InChI is InChI=1S/C10H15N5O/c1-3-11-10-13-8(9(16)14-10)7-5-12-15(4-2)6-7/h5-6,8H,3-4H2,1-2H3,(H2,11,13,14,16). The SMILES string of the molecule is CCN=C1NC(=O)C(c2cnn(CC)c2)N1. The molecule has 2 heterocycles. The highest BCUT2D eigenvalue weighted by atomic mass is 16.2. The Morgan fingerprint density at radius 1 is 1.56 bits per heavy atom. The highest BCUT2D eigenvalue weighted by molar-refractivity contribution is 6.06. The van der Waals surface area contributed by atoms with Crippen LogP contribution in [-0.2, 0) is 11.3 Å². The lowest BCUT2D eigenvalue weighted by atomic mass is 10.2. The molecule has 6 heteroatoms. The van der Waals surface area contributed by atoms with E-state index < -0.39 is 0 Å². The van der Waals surface area contributed by atoms with Crippen molar-refractivity contribution in [1.82, 2.24) is 20.4 Å². The molecule has 0 spiro atoms. The second-order valence-electron chi connectivity index (χ2n) is 3.52. The van der Waals surface area contributed by atoms with Gasteiger partial charge in [0.1, 0.15) is 6.04 Å². The molecule has 0 saturated carbocycles. The number of aliphatic imine (C=N–C) groups is 1. The third kappa shape index (κ3) is 1.91. The summed E-state index contributed by atoms with van der Waals surface area (Å²) in [7, 11) is 0. The predicted octanol–water partition coefficient (Wildman–Crippen LogP) is 0.0394. The molecule has 0 aliphatic carbocycles. The number of aromatic nitrogens is 2. The average Bonchev–Trinajstić information content (AvgIpc) is 2.85. The first-order valence-electron chi connectivity index (χ1n) is 5.38. The molecule has 0 aromatic carbocycles. The molecule has 1 aromatic rings. The fraction of sp³-hybridized carbons (Fsp3) is 0.500. The largest absolute Gasteiger partial charge is 0.340 e. The molecule has 86 valence electrons. The summed E-state index contributed by atoms with van der Waals surface area (Å²) in [5.41, 5.74) is 0.862. The Hall–Kier alpha value is -1.85. The van der Waals surface area contributed by atoms with Crippen LogP contribution in [0.2, 0.25) is 0 Å². The fourth-order valence-electron chi connectivity index (χ4n) is 1.61. The Morgan fingerprint density at radius 3 is 3.00 bits per heavy atom. The van der Waals surface area contributed by atoms with Crippen LogP contribution in [-0.4, -0.2) is 28.2 Å². The summed E-state index contributed by atoms with van der Waals surface area (Å²) in [4.78, 5) is 15.8. The third-order valence-electron chi connectivity index (χ3n) is 2.41. The molecular formula is C10H15N5O. The van der Waals surface area contributed by atoms with E-state index in [4.69, 9.17) is 0 Å². The molecule has 1 aliphatic heterocycles. The topological polar surface area (TPSA) is 71.3 Å². The maximum atomic E-state index is 11.7. The Balaban J connectivity index is 2.16. The van der Waals surface area contributed by atoms with Crippen molar-refractivity contribution in [3.8, 4) is 0 Å². The third-order valence-corrected chi connectivity index (χ3v) is 2.41. The van der Waals surface area contributed by atoms with Gasteiger partial charge in [-0.2, -0.15) is 5.10 Å². The first-order chi connectivity index (χ1) is 7.74. The van der Waals surface area contributed by atoms with Crippen LogP contribution in [0.5, 0.6) is 0 Å². The maximum absolute atomic E-state index is 11.7. The summed E-state index contributed by atoms with van der Waals surface area (Å²) in [6.07, 6.45) is 3.57. The van der Waals surface area contributed by atoms with Crippen LogP contribution >= 0.6 is 0 Å². The van der Waals surface area contributed by atoms with E-state index in [1.54, 1.807) is 10.9 Å². The molecule has 1 unspecified atom stereocenters. The van der Waals surface area contributed by atoms with E-state index in [0.717, 1.165) is 12.1 Å². The summed E-state index contributed by atoms with van der Waals surface area (Å²) < 4.78 is 1.79. The minimum absolute atomic E-state index is 0.0807. The lowest BCUT2D eigenvalue weighted by Crippen LogP contribution is -2.25. The number of amides is 1. The number of nitrogens with zero attached hydrogens (tertiary/aromatic N) is 3. The van der Waals surface area contributed by atoms with Crippen LogP contribution in [0.1, 0.15) is 25.5 Å². The molecule has 6 nitrogen and oxygen atoms in total. The normalized spacial score (nSPS) is 22.2. The quantitative estimate of drug-likeness (QED) is 0.757. The van der Waals surface area contributed by atoms with Crippen LogP contribution in [0, 0.1) is 0 Å². The molecule has 2 rings (SSSR count). The molecule has 1 amide bonds. The summed E-state index contributed by atoms with van der Waals surface area (Å²) in [6.45, 7) is 5.36. The van der Waals surface area contributed by atoms with Gasteiger partial charge >= 0.3 is 0 Å². The molecule has 1 aliphatic rings. The Morgan fingerprint density at radius 2 is 2.38 bits per heavy atom. The van der Waals surface area contributed by atoms with Crippen LogP contribution in [0.4, 0.5) is 0 Å². The Labute approximate surface area is 93.7 Å². The predicted molar refractivity (Wildman–Crippen MR) is 59.9 cm³/mol. The number of hydrogen-bond acceptors (Lipinski definition) is 3. The summed E-state index contributed by atoms with van der Waals surface area (Å²) >= 11 is 0. The van der Waals surface area contributed by atoms with E-state index >= 15 is 0 Å². The zero-order valence-electron chi connectivity index (χ0n) is 9.40. The van der Waals surface area contributed by atoms with Crippen LogP contribution in [0.25, 0.3) is 0 Å². The van der Waals surface area contributed by atoms with Crippen molar-refractivity contribution < 1.29 is 4.79 Å². The summed E-state index contributed by atoms with van der Waals surface area (Å²) in [6, 6.07) is -0.370. The molecule has 0 bridgehead atoms. The zero-order chi connectivity index (χ0) is 11.5. The van der Waals surface area contributed by atoms with Crippen molar-refractivity contribution in [1.29, 1.82) is 0 Å². The molecule has 1 fully saturated rings. The van der Waals surface area contributed by atoms with E-state index in [0.29, 0.717) is 12.5 Å². The van der Waals surface area contributed by atoms with E-state index in [9.17, 15) is 4.79 Å². The van der Waals surface area contributed by atoms with Crippen LogP contribution < -0.4 is 10.6 Å². The van der Waals surface area contributed by atoms with Gasteiger partial charge in [0.05, 0.1) is 6.20 Å². The van der Waals surface area contributed by atoms with Gasteiger partial charge in [0.25, 0.3) is 5.91 Å². The summed E-state index contributed by atoms with van der Waals surface area (Å²) in [5.74, 6) is 0.463. The number of guanidine groups is 1. The highest BCUT2D eigenvalue weighted by Crippen LogP contribution is 2.15. The van der Waals surface area contributed by atoms with E-state index in [2.05, 4.69) is 20.7 Å². The van der Waals surface area contributed by atoms with Gasteiger partial charge in [-0.15, -0.1) is 0 Å². The molecule has 0 radical (unpaired) electrons. The van der Waals surface area contributed by atoms with Crippen molar-refractivity contribution in [2.24, 2.45) is 4.99 Å². The summed E-state index contributed by atoms with van der Waals surface area (Å²) in [5, 5.41) is 9.87.